The largest absolute Gasteiger partial charge is 0.246 e. The molecule has 1 rings (SSSR count). The van der Waals surface area contributed by atoms with Crippen molar-refractivity contribution in [3.63, 3.8) is 0 Å². The number of hydrogen-bond acceptors (Lipinski definition) is 1. The summed E-state index contributed by atoms with van der Waals surface area (Å²) < 4.78 is 13.9. The summed E-state index contributed by atoms with van der Waals surface area (Å²) in [5, 5.41) is 0.823. The van der Waals surface area contributed by atoms with E-state index in [1.807, 2.05) is 0 Å². The second kappa shape index (κ2) is 3.26. The molecule has 0 fully saturated rings. The number of hydrogen-bond donors (Lipinski definition) is 0. The molecule has 0 bridgehead atoms. The maximum atomic E-state index is 13.2. The van der Waals surface area contributed by atoms with Gasteiger partial charge in [-0.2, -0.15) is 0 Å². The van der Waals surface area contributed by atoms with E-state index in [0.29, 0.717) is 4.60 Å². The van der Waals surface area contributed by atoms with Crippen molar-refractivity contribution >= 4 is 29.2 Å². The lowest BCUT2D eigenvalue weighted by molar-refractivity contribution is 0.628. The summed E-state index contributed by atoms with van der Waals surface area (Å²) in [5.74, 6) is -0.183. The van der Waals surface area contributed by atoms with Crippen molar-refractivity contribution in [2.75, 3.05) is 0 Å². The standard InChI is InChI=1S/C8H11BrFNSi/c1-12(2,3)7-4-8(9)11-5-6(7)10/h4-5H,1-3H3. The quantitative estimate of drug-likeness (QED) is 0.549. The highest BCUT2D eigenvalue weighted by Crippen LogP contribution is 2.09. The summed E-state index contributed by atoms with van der Waals surface area (Å²) in [4.78, 5) is 3.82. The van der Waals surface area contributed by atoms with Gasteiger partial charge in [0.2, 0.25) is 0 Å². The van der Waals surface area contributed by atoms with Crippen LogP contribution in [0.5, 0.6) is 0 Å². The monoisotopic (exact) mass is 247 g/mol. The highest BCUT2D eigenvalue weighted by Gasteiger charge is 2.20. The van der Waals surface area contributed by atoms with E-state index in [9.17, 15) is 4.39 Å². The van der Waals surface area contributed by atoms with E-state index in [1.165, 1.54) is 6.20 Å². The molecule has 0 aliphatic heterocycles. The first-order chi connectivity index (χ1) is 5.41. The van der Waals surface area contributed by atoms with Gasteiger partial charge in [-0.15, -0.1) is 0 Å². The second-order valence-electron chi connectivity index (χ2n) is 3.74. The van der Waals surface area contributed by atoms with Crippen LogP contribution in [0.3, 0.4) is 0 Å². The Balaban J connectivity index is 3.23. The lowest BCUT2D eigenvalue weighted by atomic mass is 10.5. The van der Waals surface area contributed by atoms with E-state index in [-0.39, 0.29) is 5.82 Å². The van der Waals surface area contributed by atoms with Crippen LogP contribution in [-0.2, 0) is 0 Å². The zero-order valence-corrected chi connectivity index (χ0v) is 9.94. The summed E-state index contributed by atoms with van der Waals surface area (Å²) in [5.41, 5.74) is 0. The van der Waals surface area contributed by atoms with Gasteiger partial charge in [-0.3, -0.25) is 0 Å². The lowest BCUT2D eigenvalue weighted by Crippen LogP contribution is -2.40. The van der Waals surface area contributed by atoms with Gasteiger partial charge in [0, 0.05) is 0 Å². The summed E-state index contributed by atoms with van der Waals surface area (Å²) in [7, 11) is -1.55. The van der Waals surface area contributed by atoms with Crippen LogP contribution in [0.15, 0.2) is 16.9 Å². The number of nitrogens with zero attached hydrogens (tertiary/aromatic N) is 1. The molecule has 0 radical (unpaired) electrons. The normalized spacial score (nSPS) is 11.8. The number of aromatic nitrogens is 1. The molecule has 0 atom stereocenters. The fourth-order valence-electron chi connectivity index (χ4n) is 0.988. The first-order valence-corrected chi connectivity index (χ1v) is 8.02. The van der Waals surface area contributed by atoms with Crippen LogP contribution < -0.4 is 5.19 Å². The molecule has 0 aliphatic carbocycles. The van der Waals surface area contributed by atoms with E-state index in [0.717, 1.165) is 5.19 Å². The lowest BCUT2D eigenvalue weighted by Gasteiger charge is -2.16. The molecular weight excluding hydrogens is 237 g/mol. The summed E-state index contributed by atoms with van der Waals surface area (Å²) in [6.07, 6.45) is 1.28. The van der Waals surface area contributed by atoms with Crippen LogP contribution in [0, 0.1) is 5.82 Å². The molecule has 1 nitrogen and oxygen atoms in total. The highest BCUT2D eigenvalue weighted by atomic mass is 79.9. The first-order valence-electron chi connectivity index (χ1n) is 3.73. The molecule has 66 valence electrons. The highest BCUT2D eigenvalue weighted by molar-refractivity contribution is 9.10. The van der Waals surface area contributed by atoms with E-state index in [4.69, 9.17) is 0 Å². The topological polar surface area (TPSA) is 12.9 Å². The average molecular weight is 248 g/mol. The second-order valence-corrected chi connectivity index (χ2v) is 9.59. The third-order valence-electron chi connectivity index (χ3n) is 1.63. The van der Waals surface area contributed by atoms with Crippen LogP contribution in [0.1, 0.15) is 0 Å². The molecular formula is C8H11BrFNSi. The average Bonchev–Trinajstić information content (AvgIpc) is 1.92. The minimum Gasteiger partial charge on any atom is -0.246 e. The Morgan fingerprint density at radius 2 is 2.00 bits per heavy atom. The molecule has 0 spiro atoms. The molecule has 0 unspecified atom stereocenters. The molecule has 0 aliphatic rings. The third-order valence-corrected chi connectivity index (χ3v) is 4.06. The maximum absolute atomic E-state index is 13.2. The molecule has 0 amide bonds. The van der Waals surface area contributed by atoms with Crippen molar-refractivity contribution in [3.05, 3.63) is 22.7 Å². The van der Waals surface area contributed by atoms with Gasteiger partial charge in [-0.25, -0.2) is 9.37 Å². The van der Waals surface area contributed by atoms with Gasteiger partial charge in [0.1, 0.15) is 10.4 Å². The molecule has 1 aromatic heterocycles. The summed E-state index contributed by atoms with van der Waals surface area (Å²) in [6, 6.07) is 1.78. The van der Waals surface area contributed by atoms with Crippen molar-refractivity contribution in [1.82, 2.24) is 4.98 Å². The van der Waals surface area contributed by atoms with Crippen LogP contribution >= 0.6 is 15.9 Å². The van der Waals surface area contributed by atoms with Crippen LogP contribution in [0.2, 0.25) is 19.6 Å². The predicted octanol–water partition coefficient (Wildman–Crippen LogP) is 2.53. The van der Waals surface area contributed by atoms with E-state index in [1.54, 1.807) is 6.07 Å². The van der Waals surface area contributed by atoms with Gasteiger partial charge in [-0.1, -0.05) is 19.6 Å². The summed E-state index contributed by atoms with van der Waals surface area (Å²) in [6.45, 7) is 6.33. The van der Waals surface area contributed by atoms with E-state index < -0.39 is 8.07 Å². The smallest absolute Gasteiger partial charge is 0.140 e. The van der Waals surface area contributed by atoms with Gasteiger partial charge >= 0.3 is 0 Å². The van der Waals surface area contributed by atoms with Crippen LogP contribution in [-0.4, -0.2) is 13.1 Å². The fraction of sp³-hybridized carbons (Fsp3) is 0.375. The molecule has 0 aromatic carbocycles. The van der Waals surface area contributed by atoms with Crippen molar-refractivity contribution < 1.29 is 4.39 Å². The first kappa shape index (κ1) is 9.86. The maximum Gasteiger partial charge on any atom is 0.140 e. The van der Waals surface area contributed by atoms with Gasteiger partial charge in [0.25, 0.3) is 0 Å². The number of rotatable bonds is 1. The number of pyridine rings is 1. The Labute approximate surface area is 81.2 Å². The zero-order chi connectivity index (χ0) is 9.35. The molecule has 12 heavy (non-hydrogen) atoms. The minimum absolute atomic E-state index is 0.183. The van der Waals surface area contributed by atoms with Gasteiger partial charge in [-0.05, 0) is 27.2 Å². The van der Waals surface area contributed by atoms with Crippen LogP contribution in [0.25, 0.3) is 0 Å². The van der Waals surface area contributed by atoms with Crippen molar-refractivity contribution in [3.8, 4) is 0 Å². The molecule has 1 heterocycles. The third kappa shape index (κ3) is 2.14. The molecule has 1 aromatic rings. The molecule has 0 saturated carbocycles. The van der Waals surface area contributed by atoms with Crippen molar-refractivity contribution in [2.45, 2.75) is 19.6 Å². The minimum atomic E-state index is -1.55. The van der Waals surface area contributed by atoms with Crippen molar-refractivity contribution in [1.29, 1.82) is 0 Å². The Morgan fingerprint density at radius 3 is 2.42 bits per heavy atom. The molecule has 0 N–H and O–H groups in total. The Hall–Kier alpha value is -0.223. The molecule has 0 saturated heterocycles. The Morgan fingerprint density at radius 1 is 1.42 bits per heavy atom. The van der Waals surface area contributed by atoms with Gasteiger partial charge in [0.05, 0.1) is 14.3 Å². The van der Waals surface area contributed by atoms with Crippen LogP contribution in [0.4, 0.5) is 4.39 Å². The predicted molar refractivity (Wildman–Crippen MR) is 54.9 cm³/mol. The molecule has 4 heteroatoms. The Kier molecular flexibility index (Phi) is 2.68. The van der Waals surface area contributed by atoms with Crippen molar-refractivity contribution in [2.24, 2.45) is 0 Å². The SMILES string of the molecule is C[Si](C)(C)c1cc(Br)ncc1F. The van der Waals surface area contributed by atoms with E-state index in [2.05, 4.69) is 40.6 Å². The Bertz CT molecular complexity index is 296. The fourth-order valence-corrected chi connectivity index (χ4v) is 2.88. The van der Waals surface area contributed by atoms with Gasteiger partial charge in [0.15, 0.2) is 0 Å². The zero-order valence-electron chi connectivity index (χ0n) is 7.36. The number of halogens is 2. The van der Waals surface area contributed by atoms with Gasteiger partial charge < -0.3 is 0 Å². The van der Waals surface area contributed by atoms with E-state index >= 15 is 0 Å². The summed E-state index contributed by atoms with van der Waals surface area (Å²) >= 11 is 3.23.